The second-order valence-electron chi connectivity index (χ2n) is 7.37. The monoisotopic (exact) mass is 385 g/mol. The number of fused-ring (bicyclic) bond motifs is 1. The van der Waals surface area contributed by atoms with E-state index in [0.717, 1.165) is 18.4 Å². The van der Waals surface area contributed by atoms with Crippen LogP contribution in [0.1, 0.15) is 51.1 Å². The number of carbonyl (C=O) groups is 2. The molecule has 0 aliphatic heterocycles. The van der Waals surface area contributed by atoms with Gasteiger partial charge in [0.05, 0.1) is 6.04 Å². The molecule has 2 N–H and O–H groups in total. The highest BCUT2D eigenvalue weighted by atomic mass is 16.2. The van der Waals surface area contributed by atoms with Crippen molar-refractivity contribution in [2.75, 3.05) is 0 Å². The minimum atomic E-state index is -0.895. The molecule has 1 aromatic heterocycles. The van der Waals surface area contributed by atoms with Gasteiger partial charge in [-0.15, -0.1) is 0 Å². The Kier molecular flexibility index (Phi) is 5.12. The Morgan fingerprint density at radius 1 is 1.07 bits per heavy atom. The van der Waals surface area contributed by atoms with Gasteiger partial charge >= 0.3 is 0 Å². The van der Waals surface area contributed by atoms with Gasteiger partial charge in [-0.2, -0.15) is 0 Å². The van der Waals surface area contributed by atoms with Crippen molar-refractivity contribution in [3.8, 4) is 0 Å². The molecule has 5 heteroatoms. The van der Waals surface area contributed by atoms with Crippen LogP contribution in [0.3, 0.4) is 0 Å². The van der Waals surface area contributed by atoms with E-state index in [1.54, 1.807) is 41.6 Å². The molecule has 0 fully saturated rings. The number of hydrogen-bond acceptors (Lipinski definition) is 3. The molecule has 5 nitrogen and oxygen atoms in total. The number of amides is 2. The summed E-state index contributed by atoms with van der Waals surface area (Å²) in [7, 11) is 0. The summed E-state index contributed by atoms with van der Waals surface area (Å²) < 4.78 is 0. The van der Waals surface area contributed by atoms with Crippen LogP contribution in [0.15, 0.2) is 73.1 Å². The molecule has 0 saturated carbocycles. The van der Waals surface area contributed by atoms with E-state index in [0.29, 0.717) is 11.1 Å². The van der Waals surface area contributed by atoms with Crippen LogP contribution in [0.2, 0.25) is 0 Å². The molecular formula is C24H23N3O2. The Balaban J connectivity index is 1.86. The van der Waals surface area contributed by atoms with Crippen molar-refractivity contribution in [1.29, 1.82) is 0 Å². The van der Waals surface area contributed by atoms with Crippen molar-refractivity contribution < 1.29 is 9.59 Å². The van der Waals surface area contributed by atoms with Crippen LogP contribution in [0, 0.1) is 6.92 Å². The molecule has 1 aliphatic carbocycles. The van der Waals surface area contributed by atoms with E-state index in [9.17, 15) is 9.59 Å². The topological polar surface area (TPSA) is 76.3 Å². The van der Waals surface area contributed by atoms with Gasteiger partial charge in [0, 0.05) is 23.5 Å². The lowest BCUT2D eigenvalue weighted by atomic mass is 9.98. The molecule has 0 spiro atoms. The average molecular weight is 385 g/mol. The summed E-state index contributed by atoms with van der Waals surface area (Å²) in [6, 6.07) is 17.6. The molecular weight excluding hydrogens is 362 g/mol. The zero-order valence-corrected chi connectivity index (χ0v) is 16.3. The highest BCUT2D eigenvalue weighted by Gasteiger charge is 2.39. The molecule has 2 atom stereocenters. The normalized spacial score (nSPS) is 16.1. The molecule has 2 amide bonds. The average Bonchev–Trinajstić information content (AvgIpc) is 3.17. The number of benzene rings is 2. The van der Waals surface area contributed by atoms with Gasteiger partial charge in [-0.05, 0) is 54.7 Å². The van der Waals surface area contributed by atoms with Crippen molar-refractivity contribution in [2.45, 2.75) is 31.8 Å². The lowest BCUT2D eigenvalue weighted by molar-refractivity contribution is -0.123. The van der Waals surface area contributed by atoms with E-state index >= 15 is 0 Å². The minimum Gasteiger partial charge on any atom is -0.368 e. The summed E-state index contributed by atoms with van der Waals surface area (Å²) in [5.41, 5.74) is 10.5. The lowest BCUT2D eigenvalue weighted by Gasteiger charge is -2.35. The van der Waals surface area contributed by atoms with Crippen LogP contribution in [-0.4, -0.2) is 21.7 Å². The Morgan fingerprint density at radius 2 is 1.86 bits per heavy atom. The van der Waals surface area contributed by atoms with Crippen LogP contribution in [0.4, 0.5) is 0 Å². The van der Waals surface area contributed by atoms with E-state index in [2.05, 4.69) is 18.0 Å². The van der Waals surface area contributed by atoms with Crippen LogP contribution in [0.5, 0.6) is 0 Å². The summed E-state index contributed by atoms with van der Waals surface area (Å²) in [6.45, 7) is 2.08. The Bertz CT molecular complexity index is 1030. The predicted molar refractivity (Wildman–Crippen MR) is 111 cm³/mol. The van der Waals surface area contributed by atoms with Gasteiger partial charge in [0.25, 0.3) is 5.91 Å². The van der Waals surface area contributed by atoms with Crippen molar-refractivity contribution in [3.63, 3.8) is 0 Å². The van der Waals surface area contributed by atoms with Gasteiger partial charge < -0.3 is 10.6 Å². The Hall–Kier alpha value is -3.47. The Morgan fingerprint density at radius 3 is 2.55 bits per heavy atom. The number of aromatic nitrogens is 1. The maximum Gasteiger partial charge on any atom is 0.255 e. The molecule has 146 valence electrons. The number of nitrogens with zero attached hydrogens (tertiary/aromatic N) is 2. The molecule has 0 bridgehead atoms. The highest BCUT2D eigenvalue weighted by molar-refractivity contribution is 5.98. The third-order valence-corrected chi connectivity index (χ3v) is 5.61. The highest BCUT2D eigenvalue weighted by Crippen LogP contribution is 2.42. The molecule has 1 unspecified atom stereocenters. The summed E-state index contributed by atoms with van der Waals surface area (Å²) in [6.07, 6.45) is 4.86. The van der Waals surface area contributed by atoms with Crippen LogP contribution in [0.25, 0.3) is 0 Å². The van der Waals surface area contributed by atoms with Gasteiger partial charge in [0.15, 0.2) is 0 Å². The molecule has 2 aromatic carbocycles. The van der Waals surface area contributed by atoms with Crippen molar-refractivity contribution in [2.24, 2.45) is 5.73 Å². The maximum atomic E-state index is 13.6. The fourth-order valence-electron chi connectivity index (χ4n) is 4.27. The first-order valence-corrected chi connectivity index (χ1v) is 9.73. The first-order chi connectivity index (χ1) is 14.1. The quantitative estimate of drug-likeness (QED) is 0.727. The number of primary amides is 1. The van der Waals surface area contributed by atoms with E-state index in [-0.39, 0.29) is 11.9 Å². The number of nitrogens with two attached hydrogens (primary N) is 1. The van der Waals surface area contributed by atoms with Gasteiger partial charge in [-0.25, -0.2) is 0 Å². The van der Waals surface area contributed by atoms with Crippen LogP contribution in [-0.2, 0) is 11.2 Å². The molecule has 3 aromatic rings. The van der Waals surface area contributed by atoms with Gasteiger partial charge in [-0.3, -0.25) is 14.6 Å². The third kappa shape index (κ3) is 3.51. The predicted octanol–water partition coefficient (Wildman–Crippen LogP) is 3.75. The number of aryl methyl sites for hydroxylation is 1. The van der Waals surface area contributed by atoms with Crippen molar-refractivity contribution >= 4 is 11.8 Å². The second kappa shape index (κ2) is 7.87. The van der Waals surface area contributed by atoms with E-state index < -0.39 is 11.9 Å². The molecule has 0 saturated heterocycles. The zero-order chi connectivity index (χ0) is 20.4. The second-order valence-corrected chi connectivity index (χ2v) is 7.37. The van der Waals surface area contributed by atoms with E-state index in [1.165, 1.54) is 11.1 Å². The summed E-state index contributed by atoms with van der Waals surface area (Å²) in [4.78, 5) is 32.1. The molecule has 1 aliphatic rings. The first-order valence-electron chi connectivity index (χ1n) is 9.73. The van der Waals surface area contributed by atoms with Gasteiger partial charge in [0.1, 0.15) is 6.04 Å². The fraction of sp³-hybridized carbons (Fsp3) is 0.208. The zero-order valence-electron chi connectivity index (χ0n) is 16.3. The Labute approximate surface area is 170 Å². The maximum absolute atomic E-state index is 13.6. The largest absolute Gasteiger partial charge is 0.368 e. The number of carbonyl (C=O) groups excluding carboxylic acids is 2. The molecule has 0 radical (unpaired) electrons. The van der Waals surface area contributed by atoms with E-state index in [1.807, 2.05) is 30.3 Å². The summed E-state index contributed by atoms with van der Waals surface area (Å²) in [5, 5.41) is 0. The lowest BCUT2D eigenvalue weighted by Crippen LogP contribution is -2.43. The SMILES string of the molecule is Cc1cccc2c1CC[C@H]2N(C(=O)c1ccccc1)C(C(N)=O)c1cccnc1. The van der Waals surface area contributed by atoms with E-state index in [4.69, 9.17) is 5.73 Å². The smallest absolute Gasteiger partial charge is 0.255 e. The van der Waals surface area contributed by atoms with Crippen molar-refractivity contribution in [1.82, 2.24) is 9.88 Å². The van der Waals surface area contributed by atoms with Crippen LogP contribution >= 0.6 is 0 Å². The third-order valence-electron chi connectivity index (χ3n) is 5.61. The fourth-order valence-corrected chi connectivity index (χ4v) is 4.27. The summed E-state index contributed by atoms with van der Waals surface area (Å²) in [5.74, 6) is -0.777. The first kappa shape index (κ1) is 18.9. The minimum absolute atomic E-state index is 0.211. The molecule has 4 rings (SSSR count). The summed E-state index contributed by atoms with van der Waals surface area (Å²) >= 11 is 0. The van der Waals surface area contributed by atoms with Gasteiger partial charge in [-0.1, -0.05) is 42.5 Å². The van der Waals surface area contributed by atoms with Gasteiger partial charge in [0.2, 0.25) is 5.91 Å². The molecule has 1 heterocycles. The number of rotatable bonds is 5. The number of hydrogen-bond donors (Lipinski definition) is 1. The standard InChI is InChI=1S/C24H23N3O2/c1-16-7-5-11-20-19(16)12-13-21(20)27(24(29)17-8-3-2-4-9-17)22(23(25)28)18-10-6-14-26-15-18/h2-11,14-15,21-22H,12-13H2,1H3,(H2,25,28)/t21-,22?/m1/s1. The van der Waals surface area contributed by atoms with Crippen LogP contribution < -0.4 is 5.73 Å². The number of pyridine rings is 1. The van der Waals surface area contributed by atoms with Crippen molar-refractivity contribution in [3.05, 3.63) is 101 Å². The molecule has 29 heavy (non-hydrogen) atoms.